The molecule has 2 aromatic heterocycles. The van der Waals surface area contributed by atoms with Crippen LogP contribution < -0.4 is 19.7 Å². The number of ether oxygens (including phenoxy) is 3. The minimum atomic E-state index is -0.369. The Kier molecular flexibility index (Phi) is 7.57. The van der Waals surface area contributed by atoms with Gasteiger partial charge in [0.25, 0.3) is 0 Å². The van der Waals surface area contributed by atoms with Gasteiger partial charge in [-0.2, -0.15) is 4.98 Å². The molecule has 2 unspecified atom stereocenters. The number of nitrogens with one attached hydrogen (secondary N) is 1. The van der Waals surface area contributed by atoms with E-state index in [1.54, 1.807) is 34.4 Å². The highest BCUT2D eigenvalue weighted by molar-refractivity contribution is 5.77. The molecule has 0 bridgehead atoms. The summed E-state index contributed by atoms with van der Waals surface area (Å²) in [5, 5.41) is 2.99. The Morgan fingerprint density at radius 1 is 1.18 bits per heavy atom. The molecule has 12 heteroatoms. The maximum atomic E-state index is 13.1. The second-order valence-corrected chi connectivity index (χ2v) is 9.25. The number of carbonyl (C=O) groups excluding carboxylic acids is 2. The monoisotopic (exact) mass is 521 g/mol. The molecule has 0 spiro atoms. The molecule has 1 saturated heterocycles. The van der Waals surface area contributed by atoms with Gasteiger partial charge in [0.05, 0.1) is 6.04 Å². The predicted molar refractivity (Wildman–Crippen MR) is 137 cm³/mol. The van der Waals surface area contributed by atoms with E-state index < -0.39 is 0 Å². The fraction of sp³-hybridized carbons (Fsp3) is 0.423. The number of imidazole rings is 1. The minimum Gasteiger partial charge on any atom is -0.454 e. The molecule has 12 nitrogen and oxygen atoms in total. The first-order valence-electron chi connectivity index (χ1n) is 12.7. The second kappa shape index (κ2) is 11.4. The molecule has 0 radical (unpaired) electrons. The molecule has 3 aromatic rings. The number of benzene rings is 1. The van der Waals surface area contributed by atoms with Crippen molar-refractivity contribution < 1.29 is 23.8 Å². The number of anilines is 1. The molecule has 1 aromatic carbocycles. The Morgan fingerprint density at radius 2 is 2.05 bits per heavy atom. The van der Waals surface area contributed by atoms with Gasteiger partial charge in [-0.05, 0) is 37.1 Å². The minimum absolute atomic E-state index is 0.140. The van der Waals surface area contributed by atoms with Gasteiger partial charge in [-0.1, -0.05) is 13.0 Å². The zero-order valence-electron chi connectivity index (χ0n) is 21.4. The van der Waals surface area contributed by atoms with Crippen molar-refractivity contribution in [1.29, 1.82) is 0 Å². The summed E-state index contributed by atoms with van der Waals surface area (Å²) in [6, 6.07) is 7.09. The molecule has 1 fully saturated rings. The van der Waals surface area contributed by atoms with Crippen molar-refractivity contribution in [3.63, 3.8) is 0 Å². The van der Waals surface area contributed by atoms with Gasteiger partial charge in [0, 0.05) is 51.2 Å². The second-order valence-electron chi connectivity index (χ2n) is 9.25. The lowest BCUT2D eigenvalue weighted by atomic mass is 10.1. The summed E-state index contributed by atoms with van der Waals surface area (Å²) < 4.78 is 18.1. The van der Waals surface area contributed by atoms with E-state index in [0.717, 1.165) is 12.0 Å². The number of amides is 2. The summed E-state index contributed by atoms with van der Waals surface area (Å²) in [5.41, 5.74) is 0.905. The van der Waals surface area contributed by atoms with E-state index in [1.807, 2.05) is 38.1 Å². The van der Waals surface area contributed by atoms with E-state index in [9.17, 15) is 9.59 Å². The molecule has 2 aliphatic rings. The number of rotatable bonds is 8. The third-order valence-corrected chi connectivity index (χ3v) is 6.62. The van der Waals surface area contributed by atoms with Gasteiger partial charge in [0.1, 0.15) is 18.2 Å². The molecule has 0 saturated carbocycles. The lowest BCUT2D eigenvalue weighted by Gasteiger charge is -2.41. The fourth-order valence-electron chi connectivity index (χ4n) is 4.37. The summed E-state index contributed by atoms with van der Waals surface area (Å²) >= 11 is 0. The molecular formula is C26H31N7O5. The van der Waals surface area contributed by atoms with E-state index in [4.69, 9.17) is 19.2 Å². The maximum absolute atomic E-state index is 13.1. The van der Waals surface area contributed by atoms with Gasteiger partial charge >= 0.3 is 6.09 Å². The van der Waals surface area contributed by atoms with Crippen LogP contribution in [-0.2, 0) is 16.1 Å². The zero-order chi connectivity index (χ0) is 26.5. The number of fused-ring (bicyclic) bond motifs is 1. The van der Waals surface area contributed by atoms with Crippen LogP contribution >= 0.6 is 0 Å². The van der Waals surface area contributed by atoms with Crippen LogP contribution in [0.4, 0.5) is 10.6 Å². The van der Waals surface area contributed by atoms with E-state index in [2.05, 4.69) is 20.2 Å². The van der Waals surface area contributed by atoms with Crippen LogP contribution in [0.1, 0.15) is 32.3 Å². The Bertz CT molecular complexity index is 1270. The Balaban J connectivity index is 1.30. The van der Waals surface area contributed by atoms with Crippen LogP contribution in [0.25, 0.3) is 5.95 Å². The quantitative estimate of drug-likeness (QED) is 0.476. The van der Waals surface area contributed by atoms with Gasteiger partial charge in [0.15, 0.2) is 11.5 Å². The maximum Gasteiger partial charge on any atom is 0.410 e. The summed E-state index contributed by atoms with van der Waals surface area (Å²) in [6.07, 6.45) is 7.09. The Hall–Kier alpha value is -4.35. The highest BCUT2D eigenvalue weighted by Crippen LogP contribution is 2.32. The smallest absolute Gasteiger partial charge is 0.410 e. The van der Waals surface area contributed by atoms with Gasteiger partial charge in [-0.15, -0.1) is 0 Å². The third kappa shape index (κ3) is 5.79. The van der Waals surface area contributed by atoms with Crippen molar-refractivity contribution in [1.82, 2.24) is 29.7 Å². The van der Waals surface area contributed by atoms with Crippen LogP contribution in [0.2, 0.25) is 0 Å². The van der Waals surface area contributed by atoms with Crippen LogP contribution in [0.3, 0.4) is 0 Å². The molecule has 0 aliphatic carbocycles. The van der Waals surface area contributed by atoms with Gasteiger partial charge in [-0.3, -0.25) is 9.36 Å². The highest BCUT2D eigenvalue weighted by atomic mass is 16.7. The van der Waals surface area contributed by atoms with E-state index in [0.29, 0.717) is 49.4 Å². The summed E-state index contributed by atoms with van der Waals surface area (Å²) in [7, 11) is 0. The molecule has 2 aliphatic heterocycles. The van der Waals surface area contributed by atoms with Gasteiger partial charge in [0.2, 0.25) is 18.6 Å². The van der Waals surface area contributed by atoms with Crippen molar-refractivity contribution in [2.75, 3.05) is 31.3 Å². The van der Waals surface area contributed by atoms with Crippen LogP contribution in [0.5, 0.6) is 11.5 Å². The average Bonchev–Trinajstić information content (AvgIpc) is 3.64. The van der Waals surface area contributed by atoms with E-state index in [-0.39, 0.29) is 37.4 Å². The summed E-state index contributed by atoms with van der Waals surface area (Å²) in [5.74, 6) is 2.38. The number of hydrogen-bond acceptors (Lipinski definition) is 9. The van der Waals surface area contributed by atoms with Crippen molar-refractivity contribution in [3.8, 4) is 17.4 Å². The lowest BCUT2D eigenvalue weighted by Crippen LogP contribution is -2.56. The SMILES string of the molecule is CCC(C)OC(=O)N1CCN(c2ccnc(-n3ccnc3)n2)C(CC(=O)NCc2ccc3c(c2)OCO3)C1. The van der Waals surface area contributed by atoms with Gasteiger partial charge < -0.3 is 29.3 Å². The lowest BCUT2D eigenvalue weighted by molar-refractivity contribution is -0.121. The molecule has 38 heavy (non-hydrogen) atoms. The third-order valence-electron chi connectivity index (χ3n) is 6.62. The van der Waals surface area contributed by atoms with Crippen LogP contribution in [-0.4, -0.2) is 75.0 Å². The Morgan fingerprint density at radius 3 is 2.87 bits per heavy atom. The van der Waals surface area contributed by atoms with Crippen LogP contribution in [0, 0.1) is 0 Å². The molecule has 5 rings (SSSR count). The predicted octanol–water partition coefficient (Wildman–Crippen LogP) is 2.52. The number of aromatic nitrogens is 4. The molecule has 2 atom stereocenters. The Labute approximate surface area is 220 Å². The molecule has 200 valence electrons. The first-order valence-corrected chi connectivity index (χ1v) is 12.7. The largest absolute Gasteiger partial charge is 0.454 e. The average molecular weight is 522 g/mol. The summed E-state index contributed by atoms with van der Waals surface area (Å²) in [4.78, 5) is 42.7. The highest BCUT2D eigenvalue weighted by Gasteiger charge is 2.33. The first kappa shape index (κ1) is 25.3. The standard InChI is InChI=1S/C26H31N7O5/c1-3-18(2)38-26(35)31-10-11-33(23-6-7-28-25(30-23)32-9-8-27-16-32)20(15-31)13-24(34)29-14-19-4-5-21-22(12-19)37-17-36-21/h4-9,12,16,18,20H,3,10-11,13-15,17H2,1-2H3,(H,29,34). The number of piperazine rings is 1. The van der Waals surface area contributed by atoms with Crippen molar-refractivity contribution in [3.05, 3.63) is 54.7 Å². The van der Waals surface area contributed by atoms with Crippen molar-refractivity contribution in [2.24, 2.45) is 0 Å². The van der Waals surface area contributed by atoms with Crippen molar-refractivity contribution >= 4 is 17.8 Å². The zero-order valence-corrected chi connectivity index (χ0v) is 21.4. The molecule has 1 N–H and O–H groups in total. The molecule has 2 amide bonds. The van der Waals surface area contributed by atoms with Gasteiger partial charge in [-0.25, -0.2) is 14.8 Å². The summed E-state index contributed by atoms with van der Waals surface area (Å²) in [6.45, 7) is 5.66. The fourth-order valence-corrected chi connectivity index (χ4v) is 4.37. The van der Waals surface area contributed by atoms with E-state index in [1.165, 1.54) is 0 Å². The molecule has 4 heterocycles. The topological polar surface area (TPSA) is 124 Å². The number of nitrogens with zero attached hydrogens (tertiary/aromatic N) is 6. The van der Waals surface area contributed by atoms with Crippen molar-refractivity contribution in [2.45, 2.75) is 45.4 Å². The molecular weight excluding hydrogens is 490 g/mol. The number of carbonyl (C=O) groups is 2. The normalized spacial score (nSPS) is 17.3. The number of hydrogen-bond donors (Lipinski definition) is 1. The first-order chi connectivity index (χ1) is 18.5. The van der Waals surface area contributed by atoms with E-state index >= 15 is 0 Å². The van der Waals surface area contributed by atoms with Crippen LogP contribution in [0.15, 0.2) is 49.2 Å².